The third-order valence-electron chi connectivity index (χ3n) is 4.41. The maximum absolute atomic E-state index is 11.3. The van der Waals surface area contributed by atoms with Crippen molar-refractivity contribution < 1.29 is 13.2 Å². The van der Waals surface area contributed by atoms with Crippen LogP contribution >= 0.6 is 0 Å². The van der Waals surface area contributed by atoms with Gasteiger partial charge >= 0.3 is 0 Å². The number of nitrogens with one attached hydrogen (secondary N) is 1. The summed E-state index contributed by atoms with van der Waals surface area (Å²) in [6.45, 7) is 6.11. The average Bonchev–Trinajstić information content (AvgIpc) is 2.66. The molecule has 112 valence electrons. The van der Waals surface area contributed by atoms with E-state index in [0.717, 1.165) is 25.8 Å². The molecule has 1 aliphatic heterocycles. The predicted molar refractivity (Wildman–Crippen MR) is 77.1 cm³/mol. The highest BCUT2D eigenvalue weighted by molar-refractivity contribution is 7.91. The zero-order chi connectivity index (χ0) is 13.9. The smallest absolute Gasteiger partial charge is 0.151 e. The second kappa shape index (κ2) is 6.10. The summed E-state index contributed by atoms with van der Waals surface area (Å²) in [5.74, 6) is 0.633. The molecule has 0 amide bonds. The van der Waals surface area contributed by atoms with E-state index < -0.39 is 9.84 Å². The quantitative estimate of drug-likeness (QED) is 0.783. The standard InChI is InChI=1S/C14H27NO3S/c1-14(2)6-3-13(4-7-14)18-9-8-15-12-5-10-19(16,17)11-12/h12-13,15H,3-11H2,1-2H3. The summed E-state index contributed by atoms with van der Waals surface area (Å²) in [5, 5.41) is 3.29. The first-order valence-corrected chi connectivity index (χ1v) is 9.24. The summed E-state index contributed by atoms with van der Waals surface area (Å²) in [6, 6.07) is 0.138. The number of rotatable bonds is 5. The Labute approximate surface area is 117 Å². The van der Waals surface area contributed by atoms with Crippen LogP contribution in [0.5, 0.6) is 0 Å². The fraction of sp³-hybridized carbons (Fsp3) is 1.00. The van der Waals surface area contributed by atoms with Gasteiger partial charge in [-0.1, -0.05) is 13.8 Å². The van der Waals surface area contributed by atoms with Crippen molar-refractivity contribution in [2.24, 2.45) is 5.41 Å². The molecule has 0 aromatic heterocycles. The van der Waals surface area contributed by atoms with E-state index in [9.17, 15) is 8.42 Å². The molecule has 1 unspecified atom stereocenters. The van der Waals surface area contributed by atoms with Crippen LogP contribution in [0, 0.1) is 5.41 Å². The van der Waals surface area contributed by atoms with Crippen LogP contribution in [-0.2, 0) is 14.6 Å². The average molecular weight is 289 g/mol. The minimum Gasteiger partial charge on any atom is -0.377 e. The highest BCUT2D eigenvalue weighted by Gasteiger charge is 2.28. The van der Waals surface area contributed by atoms with Gasteiger partial charge in [-0.2, -0.15) is 0 Å². The van der Waals surface area contributed by atoms with Crippen LogP contribution in [0.3, 0.4) is 0 Å². The zero-order valence-corrected chi connectivity index (χ0v) is 13.0. The van der Waals surface area contributed by atoms with Crippen molar-refractivity contribution in [2.45, 2.75) is 58.1 Å². The topological polar surface area (TPSA) is 55.4 Å². The van der Waals surface area contributed by atoms with Crippen molar-refractivity contribution in [1.29, 1.82) is 0 Å². The normalized spacial score (nSPS) is 30.5. The van der Waals surface area contributed by atoms with Crippen LogP contribution in [0.15, 0.2) is 0 Å². The molecule has 0 aromatic carbocycles. The molecule has 1 saturated carbocycles. The molecule has 19 heavy (non-hydrogen) atoms. The Morgan fingerprint density at radius 2 is 1.89 bits per heavy atom. The van der Waals surface area contributed by atoms with E-state index in [-0.39, 0.29) is 6.04 Å². The van der Waals surface area contributed by atoms with Crippen LogP contribution in [0.4, 0.5) is 0 Å². The molecule has 0 bridgehead atoms. The van der Waals surface area contributed by atoms with Gasteiger partial charge in [0.15, 0.2) is 9.84 Å². The Balaban J connectivity index is 1.56. The summed E-state index contributed by atoms with van der Waals surface area (Å²) in [5.41, 5.74) is 0.482. The van der Waals surface area contributed by atoms with Gasteiger partial charge < -0.3 is 10.1 Å². The van der Waals surface area contributed by atoms with Crippen LogP contribution < -0.4 is 5.32 Å². The van der Waals surface area contributed by atoms with Crippen LogP contribution in [0.2, 0.25) is 0 Å². The summed E-state index contributed by atoms with van der Waals surface area (Å²) in [4.78, 5) is 0. The molecule has 5 heteroatoms. The van der Waals surface area contributed by atoms with Crippen molar-refractivity contribution in [3.8, 4) is 0 Å². The SMILES string of the molecule is CC1(C)CCC(OCCNC2CCS(=O)(=O)C2)CC1. The van der Waals surface area contributed by atoms with E-state index in [0.29, 0.717) is 29.6 Å². The molecule has 4 nitrogen and oxygen atoms in total. The summed E-state index contributed by atoms with van der Waals surface area (Å²) >= 11 is 0. The molecule has 1 saturated heterocycles. The van der Waals surface area contributed by atoms with E-state index in [1.165, 1.54) is 12.8 Å². The first-order valence-electron chi connectivity index (χ1n) is 7.42. The Morgan fingerprint density at radius 1 is 1.21 bits per heavy atom. The Kier molecular flexibility index (Phi) is 4.90. The van der Waals surface area contributed by atoms with Gasteiger partial charge in [-0.05, 0) is 37.5 Å². The predicted octanol–water partition coefficient (Wildman–Crippen LogP) is 1.75. The molecule has 1 N–H and O–H groups in total. The van der Waals surface area contributed by atoms with Crippen molar-refractivity contribution in [1.82, 2.24) is 5.32 Å². The maximum atomic E-state index is 11.3. The molecule has 1 atom stereocenters. The first kappa shape index (κ1) is 15.3. The van der Waals surface area contributed by atoms with Gasteiger partial charge in [0.1, 0.15) is 0 Å². The molecule has 2 aliphatic rings. The summed E-state index contributed by atoms with van der Waals surface area (Å²) in [6.07, 6.45) is 5.95. The lowest BCUT2D eigenvalue weighted by atomic mass is 9.76. The van der Waals surface area contributed by atoms with Gasteiger partial charge in [0, 0.05) is 12.6 Å². The first-order chi connectivity index (χ1) is 8.86. The van der Waals surface area contributed by atoms with Crippen LogP contribution in [0.1, 0.15) is 46.0 Å². The molecular weight excluding hydrogens is 262 g/mol. The van der Waals surface area contributed by atoms with E-state index >= 15 is 0 Å². The monoisotopic (exact) mass is 289 g/mol. The van der Waals surface area contributed by atoms with E-state index in [4.69, 9.17) is 4.74 Å². The number of hydrogen-bond acceptors (Lipinski definition) is 4. The largest absolute Gasteiger partial charge is 0.377 e. The fourth-order valence-electron chi connectivity index (χ4n) is 2.98. The minimum absolute atomic E-state index is 0.138. The molecule has 0 radical (unpaired) electrons. The number of hydrogen-bond donors (Lipinski definition) is 1. The van der Waals surface area contributed by atoms with Crippen LogP contribution in [-0.4, -0.2) is 45.2 Å². The Morgan fingerprint density at radius 3 is 2.47 bits per heavy atom. The van der Waals surface area contributed by atoms with Gasteiger partial charge in [-0.25, -0.2) is 8.42 Å². The molecule has 1 heterocycles. The van der Waals surface area contributed by atoms with Gasteiger partial charge in [-0.15, -0.1) is 0 Å². The lowest BCUT2D eigenvalue weighted by Gasteiger charge is -2.34. The van der Waals surface area contributed by atoms with Gasteiger partial charge in [-0.3, -0.25) is 0 Å². The zero-order valence-electron chi connectivity index (χ0n) is 12.2. The van der Waals surface area contributed by atoms with Crippen molar-refractivity contribution in [2.75, 3.05) is 24.7 Å². The van der Waals surface area contributed by atoms with Gasteiger partial charge in [0.05, 0.1) is 24.2 Å². The van der Waals surface area contributed by atoms with Crippen molar-refractivity contribution >= 4 is 9.84 Å². The van der Waals surface area contributed by atoms with Crippen LogP contribution in [0.25, 0.3) is 0 Å². The molecule has 1 aliphatic carbocycles. The molecule has 2 fully saturated rings. The molecule has 0 aromatic rings. The highest BCUT2D eigenvalue weighted by Crippen LogP contribution is 2.35. The third-order valence-corrected chi connectivity index (χ3v) is 6.18. The van der Waals surface area contributed by atoms with E-state index in [1.807, 2.05) is 0 Å². The fourth-order valence-corrected chi connectivity index (χ4v) is 4.69. The van der Waals surface area contributed by atoms with Crippen molar-refractivity contribution in [3.05, 3.63) is 0 Å². The summed E-state index contributed by atoms with van der Waals surface area (Å²) in [7, 11) is -2.77. The third kappa shape index (κ3) is 5.04. The molecule has 0 spiro atoms. The maximum Gasteiger partial charge on any atom is 0.151 e. The Hall–Kier alpha value is -0.130. The second-order valence-corrected chi connectivity index (χ2v) is 9.02. The summed E-state index contributed by atoms with van der Waals surface area (Å²) < 4.78 is 28.5. The van der Waals surface area contributed by atoms with E-state index in [1.54, 1.807) is 0 Å². The lowest BCUT2D eigenvalue weighted by molar-refractivity contribution is 0.00550. The number of sulfone groups is 1. The molecule has 2 rings (SSSR count). The highest BCUT2D eigenvalue weighted by atomic mass is 32.2. The minimum atomic E-state index is -2.77. The molecular formula is C14H27NO3S. The lowest BCUT2D eigenvalue weighted by Crippen LogP contribution is -2.34. The van der Waals surface area contributed by atoms with Gasteiger partial charge in [0.25, 0.3) is 0 Å². The Bertz CT molecular complexity index is 381. The van der Waals surface area contributed by atoms with Gasteiger partial charge in [0.2, 0.25) is 0 Å². The van der Waals surface area contributed by atoms with E-state index in [2.05, 4.69) is 19.2 Å². The van der Waals surface area contributed by atoms with Crippen molar-refractivity contribution in [3.63, 3.8) is 0 Å². The number of ether oxygens (including phenoxy) is 1. The second-order valence-electron chi connectivity index (χ2n) is 6.79.